The Balaban J connectivity index is 3.29. The van der Waals surface area contributed by atoms with E-state index in [0.717, 1.165) is 0 Å². The molecule has 0 N–H and O–H groups in total. The lowest BCUT2D eigenvalue weighted by molar-refractivity contribution is 0.501. The molecule has 0 aliphatic rings. The second-order valence-corrected chi connectivity index (χ2v) is 8.09. The van der Waals surface area contributed by atoms with Crippen molar-refractivity contribution in [3.05, 3.63) is 24.3 Å². The topological polar surface area (TPSA) is 0 Å². The van der Waals surface area contributed by atoms with Crippen LogP contribution in [0.5, 0.6) is 0 Å². The number of hydrogen-bond donors (Lipinski definition) is 0. The molecule has 0 saturated heterocycles. The van der Waals surface area contributed by atoms with Gasteiger partial charge in [0, 0.05) is 0 Å². The summed E-state index contributed by atoms with van der Waals surface area (Å²) in [6.07, 6.45) is 0. The molecule has 0 aliphatic heterocycles. The van der Waals surface area contributed by atoms with Gasteiger partial charge in [-0.1, -0.05) is 65.2 Å². The van der Waals surface area contributed by atoms with E-state index in [9.17, 15) is 12.9 Å². The largest absolute Gasteiger partial charge is 0.510 e. The molecule has 0 bridgehead atoms. The maximum atomic E-state index is 13.0. The first-order chi connectivity index (χ1) is 7.75. The molecular weight excluding hydrogens is 243 g/mol. The van der Waals surface area contributed by atoms with Gasteiger partial charge in [-0.2, -0.15) is 0 Å². The molecule has 0 radical (unpaired) electrons. The molecule has 0 aliphatic carbocycles. The van der Waals surface area contributed by atoms with Crippen LogP contribution in [0.4, 0.5) is 12.9 Å². The molecule has 0 atom stereocenters. The smallest absolute Gasteiger partial charge is 0.445 e. The molecule has 0 nitrogen and oxygen atoms in total. The third-order valence-corrected chi connectivity index (χ3v) is 5.87. The Bertz CT molecular complexity index is 366. The highest BCUT2D eigenvalue weighted by molar-refractivity contribution is 7.67. The van der Waals surface area contributed by atoms with E-state index in [4.69, 9.17) is 0 Å². The Morgan fingerprint density at radius 3 is 1.82 bits per heavy atom. The van der Waals surface area contributed by atoms with Crippen molar-refractivity contribution in [3.8, 4) is 0 Å². The number of hydrogen-bond acceptors (Lipinski definition) is 0. The lowest BCUT2D eigenvalue weighted by atomic mass is 9.80. The highest BCUT2D eigenvalue weighted by Gasteiger charge is 2.31. The van der Waals surface area contributed by atoms with Gasteiger partial charge in [0.15, 0.2) is 0 Å². The Morgan fingerprint density at radius 2 is 1.41 bits per heavy atom. The summed E-state index contributed by atoms with van der Waals surface area (Å²) in [5.41, 5.74) is 0.134. The third-order valence-electron chi connectivity index (χ3n) is 2.68. The molecular formula is C12H18BF3P-. The molecule has 17 heavy (non-hydrogen) atoms. The monoisotopic (exact) mass is 261 g/mol. The van der Waals surface area contributed by atoms with Crippen molar-refractivity contribution in [2.24, 2.45) is 0 Å². The van der Waals surface area contributed by atoms with Crippen molar-refractivity contribution >= 4 is 25.7 Å². The second kappa shape index (κ2) is 5.43. The lowest BCUT2D eigenvalue weighted by Gasteiger charge is -2.31. The first kappa shape index (κ1) is 14.6. The lowest BCUT2D eigenvalue weighted by Crippen LogP contribution is -2.44. The van der Waals surface area contributed by atoms with E-state index in [1.165, 1.54) is 12.1 Å². The fourth-order valence-electron chi connectivity index (χ4n) is 2.15. The van der Waals surface area contributed by atoms with Gasteiger partial charge in [-0.15, -0.1) is 5.46 Å². The van der Waals surface area contributed by atoms with E-state index in [-0.39, 0.29) is 11.3 Å². The normalized spacial score (nSPS) is 12.8. The van der Waals surface area contributed by atoms with Gasteiger partial charge >= 0.3 is 6.98 Å². The van der Waals surface area contributed by atoms with Gasteiger partial charge in [0.1, 0.15) is 0 Å². The van der Waals surface area contributed by atoms with Crippen LogP contribution in [0.15, 0.2) is 24.3 Å². The molecule has 0 saturated carbocycles. The molecule has 96 valence electrons. The van der Waals surface area contributed by atoms with Crippen molar-refractivity contribution in [1.82, 2.24) is 0 Å². The molecule has 0 fully saturated rings. The zero-order valence-corrected chi connectivity index (χ0v) is 11.5. The van der Waals surface area contributed by atoms with Crippen LogP contribution in [0, 0.1) is 0 Å². The van der Waals surface area contributed by atoms with Gasteiger partial charge in [-0.3, -0.25) is 0 Å². The number of halogens is 3. The summed E-state index contributed by atoms with van der Waals surface area (Å²) in [5, 5.41) is 0.514. The molecule has 1 aromatic carbocycles. The van der Waals surface area contributed by atoms with Gasteiger partial charge in [-0.25, -0.2) is 0 Å². The highest BCUT2D eigenvalue weighted by Crippen LogP contribution is 2.44. The molecule has 0 amide bonds. The van der Waals surface area contributed by atoms with E-state index in [1.54, 1.807) is 12.1 Å². The number of benzene rings is 1. The zero-order chi connectivity index (χ0) is 13.2. The zero-order valence-electron chi connectivity index (χ0n) is 10.6. The van der Waals surface area contributed by atoms with Gasteiger partial charge < -0.3 is 12.9 Å². The standard InChI is InChI=1S/C12H18BF3P/c1-9(2)17(10(3)4)12-8-6-5-7-11(12)13(14,15)16/h5-10H,1-4H3/q-1. The Hall–Kier alpha value is -0.495. The summed E-state index contributed by atoms with van der Waals surface area (Å²) in [7, 11) is -0.763. The van der Waals surface area contributed by atoms with Crippen LogP contribution in [-0.2, 0) is 0 Å². The average Bonchev–Trinajstić information content (AvgIpc) is 2.15. The van der Waals surface area contributed by atoms with E-state index in [0.29, 0.717) is 5.30 Å². The molecule has 1 aromatic rings. The molecule has 1 rings (SSSR count). The maximum absolute atomic E-state index is 13.0. The predicted octanol–water partition coefficient (Wildman–Crippen LogP) is 3.67. The van der Waals surface area contributed by atoms with Crippen LogP contribution in [0.1, 0.15) is 27.7 Å². The molecule has 0 spiro atoms. The summed E-state index contributed by atoms with van der Waals surface area (Å²) < 4.78 is 39.0. The summed E-state index contributed by atoms with van der Waals surface area (Å²) in [6, 6.07) is 6.05. The molecule has 0 heterocycles. The van der Waals surface area contributed by atoms with Crippen LogP contribution < -0.4 is 10.8 Å². The third kappa shape index (κ3) is 3.48. The first-order valence-electron chi connectivity index (χ1n) is 5.82. The SMILES string of the molecule is CC(C)P(c1ccccc1[B-](F)(F)F)C(C)C. The van der Waals surface area contributed by atoms with Crippen LogP contribution in [0.2, 0.25) is 0 Å². The summed E-state index contributed by atoms with van der Waals surface area (Å²) in [4.78, 5) is 0. The van der Waals surface area contributed by atoms with Crippen molar-refractivity contribution < 1.29 is 12.9 Å². The minimum Gasteiger partial charge on any atom is -0.445 e. The van der Waals surface area contributed by atoms with Crippen LogP contribution in [-0.4, -0.2) is 18.3 Å². The average molecular weight is 261 g/mol. The maximum Gasteiger partial charge on any atom is 0.510 e. The quantitative estimate of drug-likeness (QED) is 0.573. The van der Waals surface area contributed by atoms with E-state index in [2.05, 4.69) is 0 Å². The van der Waals surface area contributed by atoms with Crippen molar-refractivity contribution in [2.75, 3.05) is 0 Å². The first-order valence-corrected chi connectivity index (χ1v) is 7.30. The van der Waals surface area contributed by atoms with E-state index in [1.807, 2.05) is 27.7 Å². The highest BCUT2D eigenvalue weighted by atomic mass is 31.1. The van der Waals surface area contributed by atoms with Crippen LogP contribution >= 0.6 is 7.92 Å². The predicted molar refractivity (Wildman–Crippen MR) is 72.0 cm³/mol. The van der Waals surface area contributed by atoms with Crippen molar-refractivity contribution in [2.45, 2.75) is 39.0 Å². The fraction of sp³-hybridized carbons (Fsp3) is 0.500. The Labute approximate surface area is 102 Å². The summed E-state index contributed by atoms with van der Waals surface area (Å²) in [6.45, 7) is 3.11. The molecule has 5 heteroatoms. The Kier molecular flexibility index (Phi) is 4.65. The van der Waals surface area contributed by atoms with Gasteiger partial charge in [0.05, 0.1) is 0 Å². The van der Waals surface area contributed by atoms with Crippen molar-refractivity contribution in [3.63, 3.8) is 0 Å². The van der Waals surface area contributed by atoms with E-state index < -0.39 is 20.4 Å². The molecule has 0 aromatic heterocycles. The van der Waals surface area contributed by atoms with Gasteiger partial charge in [0.2, 0.25) is 0 Å². The summed E-state index contributed by atoms with van der Waals surface area (Å²) in [5.74, 6) is 0. The van der Waals surface area contributed by atoms with Crippen LogP contribution in [0.3, 0.4) is 0 Å². The van der Waals surface area contributed by atoms with Crippen LogP contribution in [0.25, 0.3) is 0 Å². The van der Waals surface area contributed by atoms with Gasteiger partial charge in [0.25, 0.3) is 0 Å². The minimum absolute atomic E-state index is 0.268. The summed E-state index contributed by atoms with van der Waals surface area (Å²) >= 11 is 0. The number of rotatable bonds is 4. The van der Waals surface area contributed by atoms with E-state index >= 15 is 0 Å². The second-order valence-electron chi connectivity index (χ2n) is 4.73. The Morgan fingerprint density at radius 1 is 0.941 bits per heavy atom. The van der Waals surface area contributed by atoms with Gasteiger partial charge in [-0.05, 0) is 11.3 Å². The molecule has 0 unspecified atom stereocenters. The fourth-order valence-corrected chi connectivity index (χ4v) is 5.23. The van der Waals surface area contributed by atoms with Crippen molar-refractivity contribution in [1.29, 1.82) is 0 Å². The minimum atomic E-state index is -4.91.